The van der Waals surface area contributed by atoms with Crippen LogP contribution < -0.4 is 49.9 Å². The van der Waals surface area contributed by atoms with Crippen LogP contribution in [0, 0.1) is 39.5 Å². The van der Waals surface area contributed by atoms with E-state index >= 15 is 0 Å². The van der Waals surface area contributed by atoms with E-state index in [1.54, 1.807) is 131 Å². The topological polar surface area (TPSA) is 336 Å². The predicted molar refractivity (Wildman–Crippen MR) is 477 cm³/mol. The molecule has 0 radical (unpaired) electrons. The number of nitrogens with one attached hydrogen (secondary N) is 2. The van der Waals surface area contributed by atoms with Crippen molar-refractivity contribution in [2.45, 2.75) is 36.2 Å². The number of nitrogens with zero attached hydrogens (tertiary/aromatic N) is 8. The van der Waals surface area contributed by atoms with Gasteiger partial charge in [-0.3, -0.25) is 55.3 Å². The van der Waals surface area contributed by atoms with Gasteiger partial charge in [0.25, 0.3) is 17.3 Å². The highest BCUT2D eigenvalue weighted by Gasteiger charge is 2.72. The Morgan fingerprint density at radius 2 is 0.837 bits per heavy atom. The van der Waals surface area contributed by atoms with Crippen molar-refractivity contribution in [2.24, 2.45) is 0 Å². The van der Waals surface area contributed by atoms with Crippen LogP contribution >= 0.6 is 62.3 Å². The molecule has 18 rings (SSSR count). The Morgan fingerprint density at radius 3 is 1.22 bits per heavy atom. The van der Waals surface area contributed by atoms with Gasteiger partial charge in [-0.1, -0.05) is 189 Å². The molecule has 6 heterocycles. The van der Waals surface area contributed by atoms with Crippen molar-refractivity contribution < 1.29 is 67.4 Å². The predicted octanol–water partition coefficient (Wildman–Crippen LogP) is 20.9. The average molecular weight is 1800 g/mol. The number of para-hydroxylation sites is 5. The minimum absolute atomic E-state index is 0.0594. The summed E-state index contributed by atoms with van der Waals surface area (Å²) in [6.45, 7) is 5.52. The lowest BCUT2D eigenvalue weighted by atomic mass is 9.78. The fourth-order valence-electron chi connectivity index (χ4n) is 13.7. The van der Waals surface area contributed by atoms with Crippen LogP contribution in [0.15, 0.2) is 326 Å². The molecule has 27 nitrogen and oxygen atoms in total. The number of amides is 8. The van der Waals surface area contributed by atoms with E-state index in [-0.39, 0.29) is 79.1 Å². The number of aliphatic hydroxyl groups is 1. The van der Waals surface area contributed by atoms with E-state index in [2.05, 4.69) is 45.0 Å². The van der Waals surface area contributed by atoms with Crippen molar-refractivity contribution in [1.82, 2.24) is 0 Å². The molecular weight excluding hydrogens is 1720 g/mol. The number of carbonyl (C=O) groups is 6. The number of nitro benzene ring substituents is 2. The number of non-ortho nitro benzene ring substituents is 2. The number of rotatable bonds is 12. The number of hydrogen-bond acceptors (Lipinski definition) is 18. The number of nitro groups is 2. The molecule has 12 aromatic rings. The van der Waals surface area contributed by atoms with Crippen LogP contribution in [0.1, 0.15) is 16.7 Å². The summed E-state index contributed by atoms with van der Waals surface area (Å²) < 4.78 is 26.8. The molecule has 626 valence electrons. The third-order valence-corrected chi connectivity index (χ3v) is 21.1. The van der Waals surface area contributed by atoms with Crippen molar-refractivity contribution in [3.63, 3.8) is 0 Å². The number of urea groups is 3. The first-order chi connectivity index (χ1) is 59.2. The molecule has 6 fully saturated rings. The lowest BCUT2D eigenvalue weighted by Gasteiger charge is -2.51. The average Bonchev–Trinajstić information content (AvgIpc) is 1.51. The number of hydrogen-bond donors (Lipinski definition) is 4. The number of nitrogen functional groups attached to an aromatic ring is 1. The molecule has 12 aromatic carbocycles. The number of imide groups is 1. The molecule has 0 saturated carbocycles. The first kappa shape index (κ1) is 88.9. The summed E-state index contributed by atoms with van der Waals surface area (Å²) in [5, 5.41) is 45.9. The molecule has 6 aliphatic rings. The molecule has 8 amide bonds. The van der Waals surface area contributed by atoms with Crippen LogP contribution in [0.5, 0.6) is 11.5 Å². The Morgan fingerprint density at radius 1 is 0.455 bits per heavy atom. The number of anilines is 8. The molecule has 3 spiro atoms. The maximum atomic E-state index is 13.9. The quantitative estimate of drug-likeness (QED) is 0.0290. The van der Waals surface area contributed by atoms with E-state index in [0.29, 0.717) is 73.7 Å². The van der Waals surface area contributed by atoms with Gasteiger partial charge >= 0.3 is 29.6 Å². The van der Waals surface area contributed by atoms with Crippen LogP contribution in [-0.2, 0) is 24.7 Å². The summed E-state index contributed by atoms with van der Waals surface area (Å²) in [7, 11) is 0. The Labute approximate surface area is 734 Å². The van der Waals surface area contributed by atoms with Crippen LogP contribution in [0.2, 0.25) is 15.1 Å². The lowest BCUT2D eigenvalue weighted by molar-refractivity contribution is -0.385. The summed E-state index contributed by atoms with van der Waals surface area (Å²) in [5.41, 5.74) is 8.22. The minimum Gasteiger partial charge on any atom is -0.414 e. The maximum absolute atomic E-state index is 13.9. The number of nitrogens with two attached hydrogens (primary N) is 1. The van der Waals surface area contributed by atoms with E-state index in [4.69, 9.17) is 76.5 Å². The molecule has 1 atom stereocenters. The second-order valence-electron chi connectivity index (χ2n) is 28.0. The number of benzene rings is 12. The number of amidine groups is 1. The zero-order chi connectivity index (χ0) is 87.6. The fourth-order valence-corrected chi connectivity index (χ4v) is 14.7. The summed E-state index contributed by atoms with van der Waals surface area (Å²) in [5.74, 6) is 0.398. The largest absolute Gasteiger partial charge is 0.417 e. The van der Waals surface area contributed by atoms with Crippen molar-refractivity contribution in [3.8, 4) is 11.5 Å². The normalized spacial score (nSPS) is 16.3. The molecule has 6 saturated heterocycles. The summed E-state index contributed by atoms with van der Waals surface area (Å²) in [6, 6.07) is 92.0. The molecule has 6 aliphatic heterocycles. The van der Waals surface area contributed by atoms with Crippen LogP contribution in [0.25, 0.3) is 0 Å². The van der Waals surface area contributed by atoms with Crippen molar-refractivity contribution in [1.29, 1.82) is 5.41 Å². The van der Waals surface area contributed by atoms with Gasteiger partial charge in [-0.2, -0.15) is 0 Å². The Bertz CT molecular complexity index is 5600. The van der Waals surface area contributed by atoms with Crippen molar-refractivity contribution in [2.75, 3.05) is 80.1 Å². The van der Waals surface area contributed by atoms with Gasteiger partial charge in [0.15, 0.2) is 11.1 Å². The zero-order valence-electron chi connectivity index (χ0n) is 65.5. The number of ether oxygens (including phenoxy) is 5. The van der Waals surface area contributed by atoms with Crippen LogP contribution in [0.4, 0.5) is 80.8 Å². The highest BCUT2D eigenvalue weighted by molar-refractivity contribution is 9.10. The van der Waals surface area contributed by atoms with Gasteiger partial charge in [-0.15, -0.1) is 0 Å². The zero-order valence-corrected chi connectivity index (χ0v) is 70.1. The molecule has 0 bridgehead atoms. The van der Waals surface area contributed by atoms with E-state index in [0.717, 1.165) is 15.7 Å². The van der Waals surface area contributed by atoms with Gasteiger partial charge in [-0.05, 0) is 184 Å². The number of halogens is 5. The van der Waals surface area contributed by atoms with Crippen molar-refractivity contribution in [3.05, 3.63) is 378 Å². The Hall–Kier alpha value is -13.4. The first-order valence-electron chi connectivity index (χ1n) is 37.6. The third kappa shape index (κ3) is 20.1. The fraction of sp³-hybridized carbons (Fsp3) is 0.132. The van der Waals surface area contributed by atoms with Gasteiger partial charge in [0, 0.05) is 95.1 Å². The smallest absolute Gasteiger partial charge is 0.414 e. The van der Waals surface area contributed by atoms with E-state index in [9.17, 15) is 54.1 Å². The molecular formula is C91H76BrCl4N11O16. The summed E-state index contributed by atoms with van der Waals surface area (Å²) in [4.78, 5) is 103. The summed E-state index contributed by atoms with van der Waals surface area (Å²) >= 11 is 26.2. The highest BCUT2D eigenvalue weighted by Crippen LogP contribution is 2.54. The van der Waals surface area contributed by atoms with E-state index in [1.165, 1.54) is 73.7 Å². The number of aryl methyl sites for hydroxylation is 2. The molecule has 5 N–H and O–H groups in total. The molecule has 1 unspecified atom stereocenters. The monoisotopic (exact) mass is 1800 g/mol. The Balaban J connectivity index is 0.000000137. The second-order valence-corrected chi connectivity index (χ2v) is 30.5. The van der Waals surface area contributed by atoms with Gasteiger partial charge in [-0.25, -0.2) is 33.8 Å². The SMILES string of the molecule is Cc1cccc(Br)c1.Cc1cccc(C2(O)N(c3ccccc3)C(=O)N(c3ccc(Cl)cc3)C23COC3)c1.N=C1N(c2ccccc2)C(=O)N(c2ccc(Cl)cc2)C12COC2.Nc1ccccc1.O=C(Cl)Oc1ccc([N+](=O)[O-])cc1.O=C(Nc1ccccc1)Oc1ccc([N+](=O)[O-])cc1.O=C1N(c2ccccc2)C(=O)C2(COC2)N1c1ccc(Cl)cc1. The van der Waals surface area contributed by atoms with Crippen LogP contribution in [0.3, 0.4) is 0 Å². The van der Waals surface area contributed by atoms with Crippen LogP contribution in [-0.4, -0.2) is 113 Å². The Kier molecular flexibility index (Phi) is 28.8. The van der Waals surface area contributed by atoms with Crippen molar-refractivity contribution >= 4 is 161 Å². The molecule has 32 heteroatoms. The summed E-state index contributed by atoms with van der Waals surface area (Å²) in [6.07, 6.45) is -0.653. The van der Waals surface area contributed by atoms with E-state index in [1.807, 2.05) is 146 Å². The van der Waals surface area contributed by atoms with Gasteiger partial charge < -0.3 is 34.5 Å². The number of carbonyl (C=O) groups excluding carboxylic acids is 6. The van der Waals surface area contributed by atoms with E-state index < -0.39 is 43.7 Å². The second kappa shape index (κ2) is 39.9. The third-order valence-electron chi connectivity index (χ3n) is 19.7. The minimum atomic E-state index is -1.62. The molecule has 0 aliphatic carbocycles. The standard InChI is InChI=1S/C24H21ClN2O3.C17H14ClN3O2.C17H13ClN2O3.C13H10N2O4.C7H7Br.C7H4ClNO4.C6H7N/c1-17-6-5-7-18(14-17)24(29)23(15-30-16-23)26(21-12-10-19(25)11-13-21)22(28)27(24)20-8-3-2-4-9-20;18-12-6-8-14(9-7-12)21-16(22)20(13-4-2-1-3-5-13)15(19)17(21)10-23-11-17;18-12-6-8-14(9-7-12)20-16(22)19(13-4-2-1-3-5-13)15(21)17(20)10-23-11-17;16-13(14-10-4-2-1-3-5-10)19-12-8-6-11(7-9-12)15(17)18;1-6-3-2-4-7(8)5-6;8-7(10)13-6-3-1-5(2-4-6)9(11)12;7-6-4-2-1-3-5-6/h2-14,29H,15-16H2,1H3;1-9,19H,10-11H2;1-9H,10-11H2;1-9H,(H,14,16);2-5H,1H3;1-4H;1-5H,7H2. The molecule has 123 heavy (non-hydrogen) atoms. The van der Waals surface area contributed by atoms with Gasteiger partial charge in [0.05, 0.1) is 60.9 Å². The first-order valence-corrected chi connectivity index (χ1v) is 39.9. The lowest BCUT2D eigenvalue weighted by Crippen LogP contribution is -2.70. The van der Waals surface area contributed by atoms with Gasteiger partial charge in [0.2, 0.25) is 5.72 Å². The highest BCUT2D eigenvalue weighted by atomic mass is 79.9. The molecule has 0 aromatic heterocycles. The maximum Gasteiger partial charge on any atom is 0.417 e. The van der Waals surface area contributed by atoms with Gasteiger partial charge in [0.1, 0.15) is 22.9 Å².